The van der Waals surface area contributed by atoms with Crippen LogP contribution >= 0.6 is 19.4 Å². The van der Waals surface area contributed by atoms with Crippen LogP contribution in [0.5, 0.6) is 0 Å². The summed E-state index contributed by atoms with van der Waals surface area (Å²) < 4.78 is 98.2. The van der Waals surface area contributed by atoms with Crippen molar-refractivity contribution in [3.8, 4) is 0 Å². The third kappa shape index (κ3) is 6.55. The van der Waals surface area contributed by atoms with E-state index >= 15 is 0 Å². The van der Waals surface area contributed by atoms with E-state index in [9.17, 15) is 40.7 Å². The predicted molar refractivity (Wildman–Crippen MR) is 119 cm³/mol. The van der Waals surface area contributed by atoms with Crippen LogP contribution in [0.4, 0.5) is 32.3 Å². The fraction of sp³-hybridized carbons (Fsp3) is 0.450. The summed E-state index contributed by atoms with van der Waals surface area (Å²) in [6.45, 7) is -0.368. The van der Waals surface area contributed by atoms with E-state index < -0.39 is 43.7 Å². The molecule has 3 aromatic rings. The zero-order valence-electron chi connectivity index (χ0n) is 18.7. The molecule has 1 saturated carbocycles. The molecule has 1 aliphatic carbocycles. The van der Waals surface area contributed by atoms with Crippen molar-refractivity contribution in [3.63, 3.8) is 0 Å². The van der Waals surface area contributed by atoms with Gasteiger partial charge in [0, 0.05) is 4.90 Å². The smallest absolute Gasteiger partial charge is 0.368 e. The summed E-state index contributed by atoms with van der Waals surface area (Å²) in [5, 5.41) is -3.49. The van der Waals surface area contributed by atoms with Crippen LogP contribution in [0.25, 0.3) is 11.2 Å². The molecule has 0 radical (unpaired) electrons. The number of hydrogen-bond acceptors (Lipinski definition) is 7. The molecule has 1 fully saturated rings. The molecule has 2 heterocycles. The van der Waals surface area contributed by atoms with Gasteiger partial charge in [0.1, 0.15) is 10.5 Å². The number of nitrogens with zero attached hydrogens (tertiary/aromatic N) is 4. The molecule has 4 N–H and O–H groups in total. The van der Waals surface area contributed by atoms with Crippen molar-refractivity contribution in [3.05, 3.63) is 36.7 Å². The van der Waals surface area contributed by atoms with Crippen LogP contribution in [0, 0.1) is 0 Å². The van der Waals surface area contributed by atoms with E-state index in [1.54, 1.807) is 12.1 Å². The minimum absolute atomic E-state index is 0.0453. The number of rotatable bonds is 9. The van der Waals surface area contributed by atoms with Crippen LogP contribution in [0.15, 0.2) is 46.6 Å². The second-order valence-corrected chi connectivity index (χ2v) is 11.7. The number of benzene rings is 1. The van der Waals surface area contributed by atoms with E-state index in [2.05, 4.69) is 15.0 Å². The number of aromatic nitrogens is 4. The largest absolute Gasteiger partial charge is 0.392 e. The van der Waals surface area contributed by atoms with Crippen molar-refractivity contribution in [1.29, 1.82) is 0 Å². The summed E-state index contributed by atoms with van der Waals surface area (Å²) in [5.41, 5.74) is 4.50. The molecule has 202 valence electrons. The zero-order chi connectivity index (χ0) is 27.3. The molecule has 2 aromatic heterocycles. The highest BCUT2D eigenvalue weighted by Gasteiger charge is 2.64. The minimum Gasteiger partial charge on any atom is -0.368 e. The van der Waals surface area contributed by atoms with E-state index in [1.807, 2.05) is 18.2 Å². The van der Waals surface area contributed by atoms with Gasteiger partial charge in [-0.1, -0.05) is 30.0 Å². The summed E-state index contributed by atoms with van der Waals surface area (Å²) in [5.74, 6) is -0.155. The first-order chi connectivity index (χ1) is 17.0. The summed E-state index contributed by atoms with van der Waals surface area (Å²) in [7, 11) is -6.08. The Bertz CT molecular complexity index is 1310. The first-order valence-corrected chi connectivity index (χ1v) is 13.0. The standard InChI is InChI=1S/C20H20F6N5O4PS/c21-19(22,23)8-18(36(32,33)34,9-20(24,25)26)35-17(6-7-17)10-31-11-28-13-14(31)29-16(27)30-15(13)37-12-4-2-1-3-5-12/h1-5,11H,6-10H2,(H2,27,29,30)(H2,32,33,34). The number of halogens is 6. The Kier molecular flexibility index (Phi) is 7.03. The molecule has 1 aromatic carbocycles. The van der Waals surface area contributed by atoms with Gasteiger partial charge in [0.15, 0.2) is 11.0 Å². The number of nitrogen functional groups attached to an aromatic ring is 1. The van der Waals surface area contributed by atoms with E-state index in [1.165, 1.54) is 22.7 Å². The monoisotopic (exact) mass is 571 g/mol. The molecule has 0 spiro atoms. The minimum atomic E-state index is -6.08. The Morgan fingerprint density at radius 2 is 1.65 bits per heavy atom. The van der Waals surface area contributed by atoms with Gasteiger partial charge in [-0.15, -0.1) is 0 Å². The van der Waals surface area contributed by atoms with Crippen molar-refractivity contribution in [2.75, 3.05) is 5.73 Å². The third-order valence-corrected chi connectivity index (χ3v) is 8.02. The zero-order valence-corrected chi connectivity index (χ0v) is 20.4. The molecule has 0 aliphatic heterocycles. The maximum absolute atomic E-state index is 13.3. The van der Waals surface area contributed by atoms with Crippen LogP contribution in [-0.4, -0.2) is 52.6 Å². The normalized spacial score (nSPS) is 16.3. The highest BCUT2D eigenvalue weighted by molar-refractivity contribution is 7.99. The fourth-order valence-electron chi connectivity index (χ4n) is 3.89. The van der Waals surface area contributed by atoms with Crippen molar-refractivity contribution in [2.24, 2.45) is 0 Å². The molecule has 4 rings (SSSR count). The van der Waals surface area contributed by atoms with Gasteiger partial charge >= 0.3 is 19.9 Å². The lowest BCUT2D eigenvalue weighted by molar-refractivity contribution is -0.225. The molecule has 0 amide bonds. The summed E-state index contributed by atoms with van der Waals surface area (Å²) in [6, 6.07) is 9.02. The molecule has 0 saturated heterocycles. The Morgan fingerprint density at radius 3 is 2.16 bits per heavy atom. The Balaban J connectivity index is 1.69. The molecule has 0 unspecified atom stereocenters. The first-order valence-electron chi connectivity index (χ1n) is 10.6. The van der Waals surface area contributed by atoms with Gasteiger partial charge in [-0.25, -0.2) is 9.97 Å². The van der Waals surface area contributed by atoms with Crippen LogP contribution in [-0.2, 0) is 15.8 Å². The van der Waals surface area contributed by atoms with Gasteiger partial charge in [0.2, 0.25) is 5.95 Å². The average Bonchev–Trinajstić information content (AvgIpc) is 3.36. The maximum Gasteiger partial charge on any atom is 0.392 e. The number of nitrogens with two attached hydrogens (primary N) is 1. The Morgan fingerprint density at radius 1 is 1.05 bits per heavy atom. The van der Waals surface area contributed by atoms with Gasteiger partial charge in [0.25, 0.3) is 0 Å². The van der Waals surface area contributed by atoms with Crippen LogP contribution < -0.4 is 5.73 Å². The van der Waals surface area contributed by atoms with Crippen LogP contribution in [0.1, 0.15) is 25.7 Å². The van der Waals surface area contributed by atoms with E-state index in [4.69, 9.17) is 10.5 Å². The van der Waals surface area contributed by atoms with Crippen molar-refractivity contribution >= 4 is 36.5 Å². The van der Waals surface area contributed by atoms with E-state index in [-0.39, 0.29) is 36.5 Å². The average molecular weight is 571 g/mol. The van der Waals surface area contributed by atoms with E-state index in [0.29, 0.717) is 5.03 Å². The number of fused-ring (bicyclic) bond motifs is 1. The fourth-order valence-corrected chi connectivity index (χ4v) is 5.87. The SMILES string of the molecule is Nc1nc(Sc2ccccc2)c2ncn(CC3(OC(CC(F)(F)F)(CC(F)(F)F)P(=O)(O)O)CC3)c2n1. The molecule has 37 heavy (non-hydrogen) atoms. The van der Waals surface area contributed by atoms with Gasteiger partial charge in [-0.3, -0.25) is 4.57 Å². The number of imidazole rings is 1. The second-order valence-electron chi connectivity index (χ2n) is 8.71. The molecule has 17 heteroatoms. The van der Waals surface area contributed by atoms with Gasteiger partial charge in [-0.05, 0) is 25.0 Å². The lowest BCUT2D eigenvalue weighted by Gasteiger charge is -2.38. The number of hydrogen-bond donors (Lipinski definition) is 3. The van der Waals surface area contributed by atoms with Crippen molar-refractivity contribution < 1.29 is 45.4 Å². The van der Waals surface area contributed by atoms with Gasteiger partial charge < -0.3 is 24.8 Å². The first kappa shape index (κ1) is 27.6. The molecule has 9 nitrogen and oxygen atoms in total. The Hall–Kier alpha value is -2.39. The highest BCUT2D eigenvalue weighted by Crippen LogP contribution is 2.63. The Labute approximate surface area is 209 Å². The molecule has 1 aliphatic rings. The van der Waals surface area contributed by atoms with Crippen molar-refractivity contribution in [1.82, 2.24) is 19.5 Å². The molecule has 0 atom stereocenters. The second kappa shape index (κ2) is 9.42. The van der Waals surface area contributed by atoms with Crippen molar-refractivity contribution in [2.45, 2.75) is 65.4 Å². The van der Waals surface area contributed by atoms with Gasteiger partial charge in [0.05, 0.1) is 31.3 Å². The highest BCUT2D eigenvalue weighted by atomic mass is 32.2. The van der Waals surface area contributed by atoms with E-state index in [0.717, 1.165) is 4.90 Å². The summed E-state index contributed by atoms with van der Waals surface area (Å²) in [4.78, 5) is 32.6. The maximum atomic E-state index is 13.3. The number of anilines is 1. The van der Waals surface area contributed by atoms with Crippen LogP contribution in [0.2, 0.25) is 0 Å². The van der Waals surface area contributed by atoms with Gasteiger partial charge in [-0.2, -0.15) is 31.3 Å². The summed E-state index contributed by atoms with van der Waals surface area (Å²) in [6.07, 6.45) is -14.5. The molecular formula is C20H20F6N5O4PS. The summed E-state index contributed by atoms with van der Waals surface area (Å²) >= 11 is 1.21. The molecule has 0 bridgehead atoms. The predicted octanol–water partition coefficient (Wildman–Crippen LogP) is 4.89. The third-order valence-electron chi connectivity index (χ3n) is 5.56. The topological polar surface area (TPSA) is 136 Å². The number of ether oxygens (including phenoxy) is 1. The van der Waals surface area contributed by atoms with Crippen LogP contribution in [0.3, 0.4) is 0 Å². The molecular weight excluding hydrogens is 551 g/mol. The lowest BCUT2D eigenvalue weighted by atomic mass is 10.1. The number of alkyl halides is 6. The quantitative estimate of drug-likeness (QED) is 0.186. The lowest BCUT2D eigenvalue weighted by Crippen LogP contribution is -2.46.